The summed E-state index contributed by atoms with van der Waals surface area (Å²) in [6.07, 6.45) is 4.70. The number of hydrogen-bond acceptors (Lipinski definition) is 4. The summed E-state index contributed by atoms with van der Waals surface area (Å²) in [6, 6.07) is 12.8. The van der Waals surface area contributed by atoms with Gasteiger partial charge in [0.15, 0.2) is 5.75 Å². The van der Waals surface area contributed by atoms with Crippen LogP contribution in [0.25, 0.3) is 28.0 Å². The maximum absolute atomic E-state index is 11.3. The Morgan fingerprint density at radius 2 is 1.96 bits per heavy atom. The molecule has 6 heteroatoms. The first-order valence-corrected chi connectivity index (χ1v) is 7.03. The van der Waals surface area contributed by atoms with Crippen LogP contribution in [-0.4, -0.2) is 24.9 Å². The van der Waals surface area contributed by atoms with E-state index in [1.54, 1.807) is 17.0 Å². The van der Waals surface area contributed by atoms with Gasteiger partial charge in [0.1, 0.15) is 5.82 Å². The van der Waals surface area contributed by atoms with E-state index in [0.717, 1.165) is 22.2 Å². The molecule has 112 valence electrons. The van der Waals surface area contributed by atoms with Gasteiger partial charge in [-0.15, -0.1) is 0 Å². The SMILES string of the molecule is O=c1ccn(-c2cccc(-c3cccc4[nH]ncc34)n2)cc1O. The first-order chi connectivity index (χ1) is 11.2. The van der Waals surface area contributed by atoms with Crippen LogP contribution in [0.2, 0.25) is 0 Å². The molecular weight excluding hydrogens is 292 g/mol. The number of fused-ring (bicyclic) bond motifs is 1. The monoisotopic (exact) mass is 304 g/mol. The zero-order chi connectivity index (χ0) is 15.8. The summed E-state index contributed by atoms with van der Waals surface area (Å²) in [7, 11) is 0. The quantitative estimate of drug-likeness (QED) is 0.596. The van der Waals surface area contributed by atoms with Gasteiger partial charge in [-0.05, 0) is 18.2 Å². The van der Waals surface area contributed by atoms with Crippen LogP contribution in [0.5, 0.6) is 5.75 Å². The number of hydrogen-bond donors (Lipinski definition) is 2. The average Bonchev–Trinajstić information content (AvgIpc) is 3.06. The second-order valence-electron chi connectivity index (χ2n) is 5.12. The van der Waals surface area contributed by atoms with E-state index in [4.69, 9.17) is 0 Å². The molecule has 0 atom stereocenters. The fourth-order valence-corrected chi connectivity index (χ4v) is 2.52. The smallest absolute Gasteiger partial charge is 0.223 e. The van der Waals surface area contributed by atoms with Crippen molar-refractivity contribution in [3.8, 4) is 22.8 Å². The van der Waals surface area contributed by atoms with Gasteiger partial charge in [0.2, 0.25) is 5.43 Å². The Hall–Kier alpha value is -3.41. The van der Waals surface area contributed by atoms with Crippen LogP contribution in [0, 0.1) is 0 Å². The highest BCUT2D eigenvalue weighted by Gasteiger charge is 2.08. The topological polar surface area (TPSA) is 83.8 Å². The summed E-state index contributed by atoms with van der Waals surface area (Å²) in [5, 5.41) is 17.6. The van der Waals surface area contributed by atoms with Gasteiger partial charge in [-0.2, -0.15) is 5.10 Å². The van der Waals surface area contributed by atoms with E-state index in [1.165, 1.54) is 12.3 Å². The number of aromatic hydroxyl groups is 1. The molecule has 0 aliphatic heterocycles. The van der Waals surface area contributed by atoms with Gasteiger partial charge in [-0.3, -0.25) is 9.89 Å². The van der Waals surface area contributed by atoms with E-state index >= 15 is 0 Å². The number of aromatic amines is 1. The maximum atomic E-state index is 11.3. The molecule has 3 heterocycles. The maximum Gasteiger partial charge on any atom is 0.223 e. The van der Waals surface area contributed by atoms with Gasteiger partial charge in [0, 0.05) is 23.2 Å². The summed E-state index contributed by atoms with van der Waals surface area (Å²) in [5.41, 5.74) is 2.27. The molecule has 2 N–H and O–H groups in total. The highest BCUT2D eigenvalue weighted by atomic mass is 16.3. The van der Waals surface area contributed by atoms with Crippen molar-refractivity contribution < 1.29 is 5.11 Å². The summed E-state index contributed by atoms with van der Waals surface area (Å²) >= 11 is 0. The van der Waals surface area contributed by atoms with Crippen molar-refractivity contribution in [2.45, 2.75) is 0 Å². The van der Waals surface area contributed by atoms with E-state index in [-0.39, 0.29) is 5.75 Å². The second-order valence-corrected chi connectivity index (χ2v) is 5.12. The number of benzene rings is 1. The molecule has 0 saturated carbocycles. The normalized spacial score (nSPS) is 11.0. The lowest BCUT2D eigenvalue weighted by Gasteiger charge is -2.08. The van der Waals surface area contributed by atoms with Crippen LogP contribution in [0.1, 0.15) is 0 Å². The van der Waals surface area contributed by atoms with Crippen LogP contribution < -0.4 is 5.43 Å². The number of nitrogens with zero attached hydrogens (tertiary/aromatic N) is 3. The van der Waals surface area contributed by atoms with Crippen LogP contribution in [0.4, 0.5) is 0 Å². The minimum absolute atomic E-state index is 0.309. The Bertz CT molecular complexity index is 1070. The Kier molecular flexibility index (Phi) is 2.94. The molecule has 0 amide bonds. The first-order valence-electron chi connectivity index (χ1n) is 7.03. The minimum Gasteiger partial charge on any atom is -0.503 e. The molecule has 0 bridgehead atoms. The van der Waals surface area contributed by atoms with Crippen LogP contribution in [0.15, 0.2) is 65.8 Å². The van der Waals surface area contributed by atoms with Crippen molar-refractivity contribution in [1.29, 1.82) is 0 Å². The number of aromatic nitrogens is 4. The molecule has 0 spiro atoms. The van der Waals surface area contributed by atoms with Crippen molar-refractivity contribution in [1.82, 2.24) is 19.7 Å². The van der Waals surface area contributed by atoms with Crippen LogP contribution in [-0.2, 0) is 0 Å². The van der Waals surface area contributed by atoms with Crippen molar-refractivity contribution in [3.05, 3.63) is 71.3 Å². The Morgan fingerprint density at radius 1 is 1.09 bits per heavy atom. The largest absolute Gasteiger partial charge is 0.503 e. The fraction of sp³-hybridized carbons (Fsp3) is 0. The van der Waals surface area contributed by atoms with E-state index < -0.39 is 5.43 Å². The molecule has 6 nitrogen and oxygen atoms in total. The molecule has 3 aromatic heterocycles. The Balaban J connectivity index is 1.87. The zero-order valence-electron chi connectivity index (χ0n) is 12.0. The fourth-order valence-electron chi connectivity index (χ4n) is 2.52. The number of pyridine rings is 2. The minimum atomic E-state index is -0.416. The molecule has 0 aliphatic carbocycles. The summed E-state index contributed by atoms with van der Waals surface area (Å²) < 4.78 is 1.61. The van der Waals surface area contributed by atoms with E-state index in [0.29, 0.717) is 5.82 Å². The summed E-state index contributed by atoms with van der Waals surface area (Å²) in [4.78, 5) is 15.9. The lowest BCUT2D eigenvalue weighted by molar-refractivity contribution is 0.465. The van der Waals surface area contributed by atoms with Gasteiger partial charge >= 0.3 is 0 Å². The standard InChI is InChI=1S/C17H12N4O2/c22-15-7-8-21(10-16(15)23)17-6-2-4-13(19-17)11-3-1-5-14-12(11)9-18-20-14/h1-10,23H,(H,18,20). The molecule has 0 unspecified atom stereocenters. The predicted molar refractivity (Wildman–Crippen MR) is 86.6 cm³/mol. The van der Waals surface area contributed by atoms with Gasteiger partial charge in [0.25, 0.3) is 0 Å². The van der Waals surface area contributed by atoms with E-state index in [9.17, 15) is 9.90 Å². The Labute approximate surface area is 130 Å². The highest BCUT2D eigenvalue weighted by molar-refractivity contribution is 5.93. The van der Waals surface area contributed by atoms with Crippen molar-refractivity contribution >= 4 is 10.9 Å². The van der Waals surface area contributed by atoms with Gasteiger partial charge in [-0.1, -0.05) is 18.2 Å². The van der Waals surface area contributed by atoms with Crippen LogP contribution in [0.3, 0.4) is 0 Å². The second kappa shape index (κ2) is 5.10. The molecule has 4 rings (SSSR count). The molecule has 0 fully saturated rings. The zero-order valence-corrected chi connectivity index (χ0v) is 12.0. The van der Waals surface area contributed by atoms with E-state index in [2.05, 4.69) is 15.2 Å². The average molecular weight is 304 g/mol. The molecule has 0 radical (unpaired) electrons. The van der Waals surface area contributed by atoms with Crippen molar-refractivity contribution in [2.24, 2.45) is 0 Å². The first kappa shape index (κ1) is 13.3. The molecule has 1 aromatic carbocycles. The third-order valence-electron chi connectivity index (χ3n) is 3.66. The predicted octanol–water partition coefficient (Wildman–Crippen LogP) is 2.48. The van der Waals surface area contributed by atoms with Crippen molar-refractivity contribution in [2.75, 3.05) is 0 Å². The summed E-state index contributed by atoms with van der Waals surface area (Å²) in [6.45, 7) is 0. The van der Waals surface area contributed by atoms with Gasteiger partial charge < -0.3 is 9.67 Å². The number of nitrogens with one attached hydrogen (secondary N) is 1. The highest BCUT2D eigenvalue weighted by Crippen LogP contribution is 2.26. The molecule has 23 heavy (non-hydrogen) atoms. The van der Waals surface area contributed by atoms with Crippen molar-refractivity contribution in [3.63, 3.8) is 0 Å². The van der Waals surface area contributed by atoms with E-state index in [1.807, 2.05) is 36.4 Å². The number of H-pyrrole nitrogens is 1. The third kappa shape index (κ3) is 2.26. The molecule has 4 aromatic rings. The lowest BCUT2D eigenvalue weighted by Crippen LogP contribution is -2.05. The van der Waals surface area contributed by atoms with Gasteiger partial charge in [0.05, 0.1) is 23.6 Å². The van der Waals surface area contributed by atoms with Gasteiger partial charge in [-0.25, -0.2) is 4.98 Å². The van der Waals surface area contributed by atoms with Crippen LogP contribution >= 0.6 is 0 Å². The molecule has 0 aliphatic rings. The molecular formula is C17H12N4O2. The Morgan fingerprint density at radius 3 is 2.83 bits per heavy atom. The lowest BCUT2D eigenvalue weighted by atomic mass is 10.1. The summed E-state index contributed by atoms with van der Waals surface area (Å²) in [5.74, 6) is 0.301. The third-order valence-corrected chi connectivity index (χ3v) is 3.66. The number of rotatable bonds is 2. The molecule has 0 saturated heterocycles.